The summed E-state index contributed by atoms with van der Waals surface area (Å²) in [7, 11) is -3.93. The van der Waals surface area contributed by atoms with E-state index in [4.69, 9.17) is 4.84 Å². The smallest absolute Gasteiger partial charge is 0.253 e. The van der Waals surface area contributed by atoms with Gasteiger partial charge < -0.3 is 0 Å². The Balaban J connectivity index is 1.77. The molecule has 0 saturated heterocycles. The van der Waals surface area contributed by atoms with Crippen LogP contribution in [0.2, 0.25) is 0 Å². The van der Waals surface area contributed by atoms with Crippen molar-refractivity contribution >= 4 is 15.7 Å². The third-order valence-corrected chi connectivity index (χ3v) is 6.00. The highest BCUT2D eigenvalue weighted by Crippen LogP contribution is 2.33. The molecule has 5 nitrogen and oxygen atoms in total. The highest BCUT2D eigenvalue weighted by molar-refractivity contribution is 7.89. The van der Waals surface area contributed by atoms with Crippen molar-refractivity contribution in [2.24, 2.45) is 0 Å². The van der Waals surface area contributed by atoms with Crippen LogP contribution in [0.25, 0.3) is 0 Å². The molecule has 1 heterocycles. The topological polar surface area (TPSA) is 49.9 Å². The molecule has 3 aromatic carbocycles. The van der Waals surface area contributed by atoms with Crippen LogP contribution in [0.1, 0.15) is 17.2 Å². The number of para-hydroxylation sites is 1. The fourth-order valence-corrected chi connectivity index (χ4v) is 4.19. The summed E-state index contributed by atoms with van der Waals surface area (Å²) in [5.74, 6) is 0. The molecule has 0 aromatic heterocycles. The van der Waals surface area contributed by atoms with Gasteiger partial charge in [0.05, 0.1) is 10.6 Å². The van der Waals surface area contributed by atoms with E-state index in [1.165, 1.54) is 5.01 Å². The Labute approximate surface area is 165 Å². The molecule has 1 aliphatic heterocycles. The lowest BCUT2D eigenvalue weighted by Gasteiger charge is -2.37. The SMILES string of the molecule is Cc1ccc(S(=O)(=O)N2OC(c3ccccc3)C=CN2c2ccccc2)cc1. The first-order valence-corrected chi connectivity index (χ1v) is 10.4. The summed E-state index contributed by atoms with van der Waals surface area (Å²) in [6.07, 6.45) is 3.05. The summed E-state index contributed by atoms with van der Waals surface area (Å²) in [4.78, 5) is 6.14. The Morgan fingerprint density at radius 1 is 0.821 bits per heavy atom. The van der Waals surface area contributed by atoms with E-state index in [1.54, 1.807) is 30.5 Å². The third-order valence-electron chi connectivity index (χ3n) is 4.46. The average Bonchev–Trinajstić information content (AvgIpc) is 2.75. The Hall–Kier alpha value is -2.93. The maximum absolute atomic E-state index is 13.4. The van der Waals surface area contributed by atoms with Crippen LogP contribution >= 0.6 is 0 Å². The van der Waals surface area contributed by atoms with Gasteiger partial charge in [0.1, 0.15) is 6.10 Å². The number of aryl methyl sites for hydroxylation is 1. The molecule has 0 radical (unpaired) electrons. The largest absolute Gasteiger partial charge is 0.283 e. The van der Waals surface area contributed by atoms with E-state index in [0.29, 0.717) is 5.69 Å². The Morgan fingerprint density at radius 3 is 2.07 bits per heavy atom. The van der Waals surface area contributed by atoms with Crippen LogP contribution < -0.4 is 5.01 Å². The summed E-state index contributed by atoms with van der Waals surface area (Å²) in [6, 6.07) is 25.5. The van der Waals surface area contributed by atoms with Crippen molar-refractivity contribution in [3.05, 3.63) is 108 Å². The van der Waals surface area contributed by atoms with Crippen LogP contribution in [0.15, 0.2) is 102 Å². The fourth-order valence-electron chi connectivity index (χ4n) is 2.95. The van der Waals surface area contributed by atoms with Gasteiger partial charge in [-0.05, 0) is 42.8 Å². The molecule has 0 amide bonds. The number of hydrazine groups is 1. The van der Waals surface area contributed by atoms with E-state index >= 15 is 0 Å². The minimum Gasteiger partial charge on any atom is -0.253 e. The lowest BCUT2D eigenvalue weighted by molar-refractivity contribution is -0.127. The zero-order valence-electron chi connectivity index (χ0n) is 15.3. The minimum atomic E-state index is -3.93. The molecule has 1 atom stereocenters. The second-order valence-electron chi connectivity index (χ2n) is 6.48. The summed E-state index contributed by atoms with van der Waals surface area (Å²) in [6.45, 7) is 1.91. The highest BCUT2D eigenvalue weighted by atomic mass is 32.2. The first-order chi connectivity index (χ1) is 13.6. The molecular weight excluding hydrogens is 372 g/mol. The maximum Gasteiger partial charge on any atom is 0.283 e. The van der Waals surface area contributed by atoms with Crippen molar-refractivity contribution in [2.75, 3.05) is 5.01 Å². The van der Waals surface area contributed by atoms with Crippen LogP contribution in [0.3, 0.4) is 0 Å². The molecule has 1 aliphatic rings. The quantitative estimate of drug-likeness (QED) is 0.651. The number of rotatable bonds is 4. The van der Waals surface area contributed by atoms with Crippen LogP contribution in [-0.4, -0.2) is 13.0 Å². The van der Waals surface area contributed by atoms with Crippen LogP contribution in [0.4, 0.5) is 5.69 Å². The summed E-state index contributed by atoms with van der Waals surface area (Å²) in [5.41, 5.74) is 2.54. The zero-order chi connectivity index (χ0) is 19.6. The number of sulfonamides is 1. The molecule has 0 bridgehead atoms. The predicted octanol–water partition coefficient (Wildman–Crippen LogP) is 4.61. The molecule has 1 unspecified atom stereocenters. The van der Waals surface area contributed by atoms with Gasteiger partial charge in [0.15, 0.2) is 0 Å². The summed E-state index contributed by atoms with van der Waals surface area (Å²) < 4.78 is 27.7. The normalized spacial score (nSPS) is 17.6. The van der Waals surface area contributed by atoms with E-state index in [-0.39, 0.29) is 4.90 Å². The molecule has 3 aromatic rings. The van der Waals surface area contributed by atoms with Crippen molar-refractivity contribution in [1.82, 2.24) is 4.58 Å². The van der Waals surface area contributed by atoms with Crippen molar-refractivity contribution in [2.45, 2.75) is 17.9 Å². The molecule has 4 rings (SSSR count). The molecule has 28 heavy (non-hydrogen) atoms. The predicted molar refractivity (Wildman–Crippen MR) is 109 cm³/mol. The van der Waals surface area contributed by atoms with Gasteiger partial charge in [-0.2, -0.15) is 0 Å². The van der Waals surface area contributed by atoms with Crippen LogP contribution in [0, 0.1) is 6.92 Å². The van der Waals surface area contributed by atoms with Gasteiger partial charge in [0.25, 0.3) is 10.0 Å². The number of anilines is 1. The standard InChI is InChI=1S/C22H20N2O3S/c1-18-12-14-21(15-13-18)28(25,26)24-23(20-10-6-3-7-11-20)17-16-22(27-24)19-8-4-2-5-9-19/h2-17,22H,1H3. The molecule has 142 valence electrons. The second-order valence-corrected chi connectivity index (χ2v) is 8.22. The Kier molecular flexibility index (Phi) is 5.00. The molecule has 0 aliphatic carbocycles. The number of hydrogen-bond acceptors (Lipinski definition) is 4. The molecular formula is C22H20N2O3S. The lowest BCUT2D eigenvalue weighted by Crippen LogP contribution is -2.46. The first kappa shape index (κ1) is 18.4. The van der Waals surface area contributed by atoms with Crippen LogP contribution in [0.5, 0.6) is 0 Å². The molecule has 0 saturated carbocycles. The van der Waals surface area contributed by atoms with Gasteiger partial charge in [-0.3, -0.25) is 4.84 Å². The number of hydrogen-bond donors (Lipinski definition) is 0. The molecule has 0 N–H and O–H groups in total. The van der Waals surface area contributed by atoms with Crippen molar-refractivity contribution in [3.8, 4) is 0 Å². The summed E-state index contributed by atoms with van der Waals surface area (Å²) >= 11 is 0. The van der Waals surface area contributed by atoms with Gasteiger partial charge in [0.2, 0.25) is 0 Å². The highest BCUT2D eigenvalue weighted by Gasteiger charge is 2.36. The number of benzene rings is 3. The van der Waals surface area contributed by atoms with E-state index in [2.05, 4.69) is 0 Å². The van der Waals surface area contributed by atoms with Gasteiger partial charge in [0, 0.05) is 10.8 Å². The lowest BCUT2D eigenvalue weighted by atomic mass is 10.1. The third kappa shape index (κ3) is 3.57. The Bertz CT molecular complexity index is 1070. The van der Waals surface area contributed by atoms with Gasteiger partial charge in [-0.25, -0.2) is 13.4 Å². The fraction of sp³-hybridized carbons (Fsp3) is 0.0909. The van der Waals surface area contributed by atoms with Gasteiger partial charge in [-0.15, -0.1) is 0 Å². The summed E-state index contributed by atoms with van der Waals surface area (Å²) in [5, 5.41) is 1.49. The molecule has 6 heteroatoms. The van der Waals surface area contributed by atoms with E-state index in [9.17, 15) is 8.42 Å². The molecule has 0 spiro atoms. The maximum atomic E-state index is 13.4. The van der Waals surface area contributed by atoms with E-state index < -0.39 is 16.1 Å². The van der Waals surface area contributed by atoms with Crippen molar-refractivity contribution in [1.29, 1.82) is 0 Å². The zero-order valence-corrected chi connectivity index (χ0v) is 16.2. The van der Waals surface area contributed by atoms with Gasteiger partial charge >= 0.3 is 0 Å². The monoisotopic (exact) mass is 392 g/mol. The van der Waals surface area contributed by atoms with E-state index in [1.807, 2.05) is 73.7 Å². The van der Waals surface area contributed by atoms with Gasteiger partial charge in [-0.1, -0.05) is 66.2 Å². The number of nitrogens with zero attached hydrogens (tertiary/aromatic N) is 2. The van der Waals surface area contributed by atoms with Crippen molar-refractivity contribution in [3.63, 3.8) is 0 Å². The minimum absolute atomic E-state index is 0.168. The van der Waals surface area contributed by atoms with Crippen LogP contribution in [-0.2, 0) is 14.9 Å². The average molecular weight is 392 g/mol. The first-order valence-electron chi connectivity index (χ1n) is 8.92. The van der Waals surface area contributed by atoms with E-state index in [0.717, 1.165) is 15.7 Å². The van der Waals surface area contributed by atoms with Crippen molar-refractivity contribution < 1.29 is 13.3 Å². The Morgan fingerprint density at radius 2 is 1.43 bits per heavy atom. The second kappa shape index (κ2) is 7.59. The molecule has 0 fully saturated rings.